The Labute approximate surface area is 155 Å². The molecule has 0 fully saturated rings. The molecule has 0 amide bonds. The fourth-order valence-corrected chi connectivity index (χ4v) is 3.00. The van der Waals surface area contributed by atoms with E-state index in [4.69, 9.17) is 11.6 Å². The lowest BCUT2D eigenvalue weighted by Crippen LogP contribution is -2.37. The molecular weight excluding hydrogens is 359 g/mol. The van der Waals surface area contributed by atoms with Crippen LogP contribution >= 0.6 is 11.6 Å². The molecule has 3 rings (SSSR count). The molecule has 0 spiro atoms. The van der Waals surface area contributed by atoms with E-state index in [1.807, 2.05) is 60.7 Å². The van der Waals surface area contributed by atoms with E-state index in [9.17, 15) is 13.2 Å². The van der Waals surface area contributed by atoms with Crippen molar-refractivity contribution in [1.29, 1.82) is 0 Å². The van der Waals surface area contributed by atoms with Gasteiger partial charge in [0, 0.05) is 5.02 Å². The zero-order chi connectivity index (χ0) is 18.6. The fraction of sp³-hybridized carbons (Fsp3) is 0.143. The SMILES string of the molecule is FC(F)(F)C(NC(c1ccccc1)c1ccccc1)c1ccc(Cl)cc1. The van der Waals surface area contributed by atoms with Gasteiger partial charge < -0.3 is 0 Å². The maximum Gasteiger partial charge on any atom is 0.407 e. The monoisotopic (exact) mass is 375 g/mol. The molecule has 26 heavy (non-hydrogen) atoms. The van der Waals surface area contributed by atoms with Gasteiger partial charge in [0.05, 0.1) is 6.04 Å². The molecule has 134 valence electrons. The second kappa shape index (κ2) is 7.94. The minimum atomic E-state index is -4.45. The van der Waals surface area contributed by atoms with Gasteiger partial charge in [-0.25, -0.2) is 0 Å². The number of hydrogen-bond donors (Lipinski definition) is 1. The maximum atomic E-state index is 13.8. The normalized spacial score (nSPS) is 13.0. The van der Waals surface area contributed by atoms with Crippen LogP contribution in [-0.2, 0) is 0 Å². The predicted molar refractivity (Wildman–Crippen MR) is 98.1 cm³/mol. The molecule has 0 saturated carbocycles. The molecule has 0 aromatic heterocycles. The lowest BCUT2D eigenvalue weighted by atomic mass is 9.96. The Balaban J connectivity index is 2.01. The topological polar surface area (TPSA) is 12.0 Å². The van der Waals surface area contributed by atoms with E-state index in [1.54, 1.807) is 0 Å². The summed E-state index contributed by atoms with van der Waals surface area (Å²) >= 11 is 5.83. The first-order chi connectivity index (χ1) is 12.4. The molecule has 0 aliphatic heterocycles. The summed E-state index contributed by atoms with van der Waals surface area (Å²) in [5, 5.41) is 3.19. The van der Waals surface area contributed by atoms with Gasteiger partial charge in [-0.1, -0.05) is 84.4 Å². The molecule has 1 unspecified atom stereocenters. The average Bonchev–Trinajstić information content (AvgIpc) is 2.64. The Bertz CT molecular complexity index is 778. The lowest BCUT2D eigenvalue weighted by Gasteiger charge is -2.28. The van der Waals surface area contributed by atoms with Crippen LogP contribution in [0.2, 0.25) is 5.02 Å². The van der Waals surface area contributed by atoms with Gasteiger partial charge in [0.2, 0.25) is 0 Å². The number of hydrogen-bond acceptors (Lipinski definition) is 1. The Morgan fingerprint density at radius 1 is 0.654 bits per heavy atom. The molecule has 1 atom stereocenters. The minimum absolute atomic E-state index is 0.124. The van der Waals surface area contributed by atoms with Gasteiger partial charge in [-0.3, -0.25) is 5.32 Å². The summed E-state index contributed by atoms with van der Waals surface area (Å²) in [6.07, 6.45) is -4.45. The zero-order valence-electron chi connectivity index (χ0n) is 13.7. The second-order valence-corrected chi connectivity index (χ2v) is 6.38. The Hall–Kier alpha value is -2.30. The summed E-state index contributed by atoms with van der Waals surface area (Å²) in [6, 6.07) is 21.6. The third-order valence-electron chi connectivity index (χ3n) is 4.13. The molecule has 0 radical (unpaired) electrons. The van der Waals surface area contributed by atoms with Crippen molar-refractivity contribution in [3.63, 3.8) is 0 Å². The van der Waals surface area contributed by atoms with Crippen molar-refractivity contribution in [2.24, 2.45) is 0 Å². The van der Waals surface area contributed by atoms with Gasteiger partial charge >= 0.3 is 6.18 Å². The largest absolute Gasteiger partial charge is 0.407 e. The Morgan fingerprint density at radius 2 is 1.12 bits per heavy atom. The highest BCUT2D eigenvalue weighted by Gasteiger charge is 2.42. The van der Waals surface area contributed by atoms with Crippen molar-refractivity contribution in [2.45, 2.75) is 18.3 Å². The number of alkyl halides is 3. The second-order valence-electron chi connectivity index (χ2n) is 5.95. The molecule has 5 heteroatoms. The number of halogens is 4. The van der Waals surface area contributed by atoms with Gasteiger partial charge in [-0.05, 0) is 28.8 Å². The summed E-state index contributed by atoms with van der Waals surface area (Å²) in [7, 11) is 0. The van der Waals surface area contributed by atoms with Crippen molar-refractivity contribution in [3.05, 3.63) is 107 Å². The van der Waals surface area contributed by atoms with Crippen LogP contribution in [0.1, 0.15) is 28.8 Å². The van der Waals surface area contributed by atoms with Crippen molar-refractivity contribution in [1.82, 2.24) is 5.32 Å². The standard InChI is InChI=1S/C21H17ClF3N/c22-18-13-11-17(12-14-18)20(21(23,24)25)26-19(15-7-3-1-4-8-15)16-9-5-2-6-10-16/h1-14,19-20,26H. The predicted octanol–water partition coefficient (Wildman–Crippen LogP) is 6.32. The van der Waals surface area contributed by atoms with Crippen LogP contribution in [0.4, 0.5) is 13.2 Å². The number of benzene rings is 3. The van der Waals surface area contributed by atoms with Crippen LogP contribution in [0.5, 0.6) is 0 Å². The zero-order valence-corrected chi connectivity index (χ0v) is 14.5. The smallest absolute Gasteiger partial charge is 0.292 e. The van der Waals surface area contributed by atoms with Crippen molar-refractivity contribution >= 4 is 11.6 Å². The molecule has 3 aromatic carbocycles. The highest BCUT2D eigenvalue weighted by Crippen LogP contribution is 2.36. The van der Waals surface area contributed by atoms with Gasteiger partial charge in [0.25, 0.3) is 0 Å². The van der Waals surface area contributed by atoms with E-state index in [-0.39, 0.29) is 5.56 Å². The van der Waals surface area contributed by atoms with Crippen molar-refractivity contribution in [2.75, 3.05) is 0 Å². The van der Waals surface area contributed by atoms with Gasteiger partial charge in [-0.2, -0.15) is 13.2 Å². The van der Waals surface area contributed by atoms with Crippen LogP contribution in [0.15, 0.2) is 84.9 Å². The third kappa shape index (κ3) is 4.45. The van der Waals surface area contributed by atoms with Crippen LogP contribution < -0.4 is 5.32 Å². The Kier molecular flexibility index (Phi) is 5.64. The van der Waals surface area contributed by atoms with E-state index >= 15 is 0 Å². The molecule has 0 aliphatic rings. The van der Waals surface area contributed by atoms with E-state index in [0.29, 0.717) is 5.02 Å². The molecular formula is C21H17ClF3N. The molecule has 0 heterocycles. The van der Waals surface area contributed by atoms with Crippen LogP contribution in [0, 0.1) is 0 Å². The number of rotatable bonds is 5. The summed E-state index contributed by atoms with van der Waals surface area (Å²) in [5.41, 5.74) is 1.66. The summed E-state index contributed by atoms with van der Waals surface area (Å²) in [6.45, 7) is 0. The quantitative estimate of drug-likeness (QED) is 0.550. The summed E-state index contributed by atoms with van der Waals surface area (Å²) in [4.78, 5) is 0. The molecule has 1 nitrogen and oxygen atoms in total. The first-order valence-electron chi connectivity index (χ1n) is 8.13. The summed E-state index contributed by atoms with van der Waals surface area (Å²) < 4.78 is 41.4. The molecule has 0 saturated heterocycles. The maximum absolute atomic E-state index is 13.8. The first kappa shape index (κ1) is 18.5. The summed E-state index contributed by atoms with van der Waals surface area (Å²) in [5.74, 6) is 0. The third-order valence-corrected chi connectivity index (χ3v) is 4.38. The Morgan fingerprint density at radius 3 is 1.54 bits per heavy atom. The van der Waals surface area contributed by atoms with E-state index < -0.39 is 18.3 Å². The molecule has 0 bridgehead atoms. The average molecular weight is 376 g/mol. The van der Waals surface area contributed by atoms with E-state index in [2.05, 4.69) is 5.32 Å². The molecule has 0 aliphatic carbocycles. The van der Waals surface area contributed by atoms with Gasteiger partial charge in [-0.15, -0.1) is 0 Å². The van der Waals surface area contributed by atoms with Gasteiger partial charge in [0.15, 0.2) is 0 Å². The first-order valence-corrected chi connectivity index (χ1v) is 8.51. The highest BCUT2D eigenvalue weighted by atomic mass is 35.5. The van der Waals surface area contributed by atoms with Crippen LogP contribution in [-0.4, -0.2) is 6.18 Å². The van der Waals surface area contributed by atoms with E-state index in [0.717, 1.165) is 11.1 Å². The van der Waals surface area contributed by atoms with Crippen molar-refractivity contribution < 1.29 is 13.2 Å². The van der Waals surface area contributed by atoms with Gasteiger partial charge in [0.1, 0.15) is 6.04 Å². The fourth-order valence-electron chi connectivity index (χ4n) is 2.88. The van der Waals surface area contributed by atoms with Crippen LogP contribution in [0.3, 0.4) is 0 Å². The highest BCUT2D eigenvalue weighted by molar-refractivity contribution is 6.30. The van der Waals surface area contributed by atoms with Crippen LogP contribution in [0.25, 0.3) is 0 Å². The molecule has 3 aromatic rings. The van der Waals surface area contributed by atoms with Crippen molar-refractivity contribution in [3.8, 4) is 0 Å². The molecule has 1 N–H and O–H groups in total. The van der Waals surface area contributed by atoms with E-state index in [1.165, 1.54) is 24.3 Å². The number of nitrogens with one attached hydrogen (secondary N) is 1. The minimum Gasteiger partial charge on any atom is -0.292 e. The lowest BCUT2D eigenvalue weighted by molar-refractivity contribution is -0.159.